The largest absolute Gasteiger partial charge is 0.368 e. The lowest BCUT2D eigenvalue weighted by molar-refractivity contribution is -0.122. The summed E-state index contributed by atoms with van der Waals surface area (Å²) < 4.78 is 14.6. The van der Waals surface area contributed by atoms with E-state index < -0.39 is 17.3 Å². The molecular formula is C22H22FN5O3. The molecule has 3 aromatic rings. The summed E-state index contributed by atoms with van der Waals surface area (Å²) in [6.07, 6.45) is 2.89. The summed E-state index contributed by atoms with van der Waals surface area (Å²) in [6, 6.07) is 10.7. The first-order valence-electron chi connectivity index (χ1n) is 9.98. The number of hydrogen-bond donors (Lipinski definition) is 2. The molecule has 2 amide bonds. The minimum atomic E-state index is -0.543. The highest BCUT2D eigenvalue weighted by molar-refractivity contribution is 5.91. The first-order chi connectivity index (χ1) is 14.9. The SMILES string of the molecule is NC(=O)[C@@H]1CCCN1Cc1ccccc1NC(=O)Cn1cnc2ccc(F)cc2c1=O. The number of nitrogens with one attached hydrogen (secondary N) is 1. The van der Waals surface area contributed by atoms with Crippen LogP contribution in [0.2, 0.25) is 0 Å². The van der Waals surface area contributed by atoms with Crippen LogP contribution in [0.4, 0.5) is 10.1 Å². The van der Waals surface area contributed by atoms with Crippen molar-refractivity contribution < 1.29 is 14.0 Å². The number of amides is 2. The maximum absolute atomic E-state index is 13.5. The standard InChI is InChI=1S/C22H22FN5O3/c23-15-7-8-18-16(10-15)22(31)28(13-25-18)12-20(29)26-17-5-2-1-4-14(17)11-27-9-3-6-19(27)21(24)30/h1-2,4-5,7-8,10,13,19H,3,6,9,11-12H2,(H2,24,30)(H,26,29)/t19-/m0/s1. The summed E-state index contributed by atoms with van der Waals surface area (Å²) in [4.78, 5) is 43.0. The second-order valence-corrected chi connectivity index (χ2v) is 7.58. The van der Waals surface area contributed by atoms with Crippen molar-refractivity contribution in [2.75, 3.05) is 11.9 Å². The molecule has 3 N–H and O–H groups in total. The minimum absolute atomic E-state index is 0.113. The summed E-state index contributed by atoms with van der Waals surface area (Å²) in [7, 11) is 0. The minimum Gasteiger partial charge on any atom is -0.368 e. The van der Waals surface area contributed by atoms with Crippen LogP contribution in [0.15, 0.2) is 53.6 Å². The summed E-state index contributed by atoms with van der Waals surface area (Å²) in [5.74, 6) is -1.31. The molecular weight excluding hydrogens is 401 g/mol. The number of benzene rings is 2. The summed E-state index contributed by atoms with van der Waals surface area (Å²) >= 11 is 0. The average Bonchev–Trinajstić information content (AvgIpc) is 3.20. The van der Waals surface area contributed by atoms with Crippen molar-refractivity contribution in [3.8, 4) is 0 Å². The Morgan fingerprint density at radius 2 is 2.03 bits per heavy atom. The van der Waals surface area contributed by atoms with Gasteiger partial charge in [0.15, 0.2) is 0 Å². The van der Waals surface area contributed by atoms with Crippen molar-refractivity contribution in [1.29, 1.82) is 0 Å². The van der Waals surface area contributed by atoms with E-state index >= 15 is 0 Å². The van der Waals surface area contributed by atoms with Crippen LogP contribution in [0, 0.1) is 5.82 Å². The van der Waals surface area contributed by atoms with E-state index in [1.165, 1.54) is 18.5 Å². The third-order valence-electron chi connectivity index (χ3n) is 5.46. The Hall–Kier alpha value is -3.59. The van der Waals surface area contributed by atoms with Gasteiger partial charge in [0.1, 0.15) is 12.4 Å². The van der Waals surface area contributed by atoms with E-state index in [0.717, 1.165) is 35.6 Å². The summed E-state index contributed by atoms with van der Waals surface area (Å²) in [6.45, 7) is 0.964. The number of likely N-dealkylation sites (tertiary alicyclic amines) is 1. The van der Waals surface area contributed by atoms with E-state index in [1.54, 1.807) is 12.1 Å². The molecule has 2 heterocycles. The lowest BCUT2D eigenvalue weighted by Gasteiger charge is -2.23. The molecule has 1 aromatic heterocycles. The highest BCUT2D eigenvalue weighted by atomic mass is 19.1. The van der Waals surface area contributed by atoms with Crippen molar-refractivity contribution in [3.63, 3.8) is 0 Å². The van der Waals surface area contributed by atoms with Crippen LogP contribution in [0.25, 0.3) is 10.9 Å². The molecule has 0 spiro atoms. The number of hydrogen-bond acceptors (Lipinski definition) is 5. The van der Waals surface area contributed by atoms with E-state index in [0.29, 0.717) is 17.7 Å². The van der Waals surface area contributed by atoms with Crippen LogP contribution < -0.4 is 16.6 Å². The highest BCUT2D eigenvalue weighted by Crippen LogP contribution is 2.23. The molecule has 8 nitrogen and oxygen atoms in total. The summed E-state index contributed by atoms with van der Waals surface area (Å²) in [5.41, 5.74) is 6.81. The number of rotatable bonds is 6. The molecule has 2 aromatic carbocycles. The number of aromatic nitrogens is 2. The van der Waals surface area contributed by atoms with Crippen LogP contribution in [-0.4, -0.2) is 38.9 Å². The maximum Gasteiger partial charge on any atom is 0.261 e. The molecule has 160 valence electrons. The van der Waals surface area contributed by atoms with Crippen LogP contribution in [-0.2, 0) is 22.7 Å². The van der Waals surface area contributed by atoms with Crippen molar-refractivity contribution in [2.24, 2.45) is 5.73 Å². The number of carbonyl (C=O) groups is 2. The molecule has 0 aliphatic carbocycles. The van der Waals surface area contributed by atoms with Gasteiger partial charge in [-0.05, 0) is 49.2 Å². The second kappa shape index (κ2) is 8.65. The van der Waals surface area contributed by atoms with Gasteiger partial charge in [0.2, 0.25) is 11.8 Å². The van der Waals surface area contributed by atoms with Gasteiger partial charge in [0.25, 0.3) is 5.56 Å². The first kappa shape index (κ1) is 20.7. The first-order valence-corrected chi connectivity index (χ1v) is 9.98. The molecule has 1 aliphatic rings. The molecule has 0 radical (unpaired) electrons. The lowest BCUT2D eigenvalue weighted by Crippen LogP contribution is -2.39. The van der Waals surface area contributed by atoms with Crippen LogP contribution >= 0.6 is 0 Å². The average molecular weight is 423 g/mol. The fourth-order valence-electron chi connectivity index (χ4n) is 3.92. The number of para-hydroxylation sites is 1. The zero-order chi connectivity index (χ0) is 22.0. The van der Waals surface area contributed by atoms with Gasteiger partial charge in [0, 0.05) is 12.2 Å². The highest BCUT2D eigenvalue weighted by Gasteiger charge is 2.29. The van der Waals surface area contributed by atoms with Gasteiger partial charge in [-0.2, -0.15) is 0 Å². The van der Waals surface area contributed by atoms with Crippen molar-refractivity contribution in [2.45, 2.75) is 32.0 Å². The van der Waals surface area contributed by atoms with E-state index in [2.05, 4.69) is 10.3 Å². The third-order valence-corrected chi connectivity index (χ3v) is 5.46. The zero-order valence-corrected chi connectivity index (χ0v) is 16.8. The number of primary amides is 1. The van der Waals surface area contributed by atoms with E-state index in [-0.39, 0.29) is 23.9 Å². The number of halogens is 1. The van der Waals surface area contributed by atoms with Gasteiger partial charge in [-0.15, -0.1) is 0 Å². The van der Waals surface area contributed by atoms with Gasteiger partial charge in [0.05, 0.1) is 23.3 Å². The Balaban J connectivity index is 1.51. The predicted octanol–water partition coefficient (Wildman–Crippen LogP) is 1.62. The molecule has 1 aliphatic heterocycles. The molecule has 4 rings (SSSR count). The molecule has 1 fully saturated rings. The molecule has 9 heteroatoms. The number of nitrogens with two attached hydrogens (primary N) is 1. The maximum atomic E-state index is 13.5. The Morgan fingerprint density at radius 1 is 1.23 bits per heavy atom. The Kier molecular flexibility index (Phi) is 5.77. The third kappa shape index (κ3) is 4.46. The predicted molar refractivity (Wildman–Crippen MR) is 114 cm³/mol. The Morgan fingerprint density at radius 3 is 2.84 bits per heavy atom. The monoisotopic (exact) mass is 423 g/mol. The van der Waals surface area contributed by atoms with E-state index in [1.807, 2.05) is 17.0 Å². The van der Waals surface area contributed by atoms with Crippen molar-refractivity contribution in [3.05, 3.63) is 70.5 Å². The lowest BCUT2D eigenvalue weighted by atomic mass is 10.1. The Labute approximate surface area is 177 Å². The number of fused-ring (bicyclic) bond motifs is 1. The molecule has 31 heavy (non-hydrogen) atoms. The van der Waals surface area contributed by atoms with Gasteiger partial charge in [-0.3, -0.25) is 23.9 Å². The van der Waals surface area contributed by atoms with Crippen LogP contribution in [0.1, 0.15) is 18.4 Å². The van der Waals surface area contributed by atoms with Crippen LogP contribution in [0.3, 0.4) is 0 Å². The topological polar surface area (TPSA) is 110 Å². The smallest absolute Gasteiger partial charge is 0.261 e. The van der Waals surface area contributed by atoms with Crippen molar-refractivity contribution in [1.82, 2.24) is 14.5 Å². The van der Waals surface area contributed by atoms with Crippen LogP contribution in [0.5, 0.6) is 0 Å². The van der Waals surface area contributed by atoms with Gasteiger partial charge < -0.3 is 11.1 Å². The fourth-order valence-corrected chi connectivity index (χ4v) is 3.92. The fraction of sp³-hybridized carbons (Fsp3) is 0.273. The quantitative estimate of drug-likeness (QED) is 0.626. The van der Waals surface area contributed by atoms with Gasteiger partial charge in [-0.25, -0.2) is 9.37 Å². The molecule has 0 saturated carbocycles. The van der Waals surface area contributed by atoms with E-state index in [4.69, 9.17) is 5.73 Å². The van der Waals surface area contributed by atoms with E-state index in [9.17, 15) is 18.8 Å². The number of carbonyl (C=O) groups excluding carboxylic acids is 2. The number of nitrogens with zero attached hydrogens (tertiary/aromatic N) is 3. The Bertz CT molecular complexity index is 1210. The van der Waals surface area contributed by atoms with Gasteiger partial charge in [-0.1, -0.05) is 18.2 Å². The van der Waals surface area contributed by atoms with Crippen molar-refractivity contribution >= 4 is 28.4 Å². The summed E-state index contributed by atoms with van der Waals surface area (Å²) in [5, 5.41) is 2.93. The molecule has 0 unspecified atom stereocenters. The molecule has 0 bridgehead atoms. The zero-order valence-electron chi connectivity index (χ0n) is 16.8. The number of anilines is 1. The normalized spacial score (nSPS) is 16.5. The molecule has 1 atom stereocenters. The molecule has 1 saturated heterocycles. The van der Waals surface area contributed by atoms with Gasteiger partial charge >= 0.3 is 0 Å². The second-order valence-electron chi connectivity index (χ2n) is 7.58.